The predicted octanol–water partition coefficient (Wildman–Crippen LogP) is 5.15. The summed E-state index contributed by atoms with van der Waals surface area (Å²) in [7, 11) is 0. The van der Waals surface area contributed by atoms with Gasteiger partial charge in [-0.15, -0.1) is 0 Å². The van der Waals surface area contributed by atoms with Crippen LogP contribution in [0.25, 0.3) is 45.0 Å². The van der Waals surface area contributed by atoms with Gasteiger partial charge < -0.3 is 4.52 Å². The van der Waals surface area contributed by atoms with Crippen molar-refractivity contribution >= 4 is 10.9 Å². The molecule has 0 spiro atoms. The molecule has 0 amide bonds. The van der Waals surface area contributed by atoms with Crippen LogP contribution in [0.2, 0.25) is 0 Å². The average Bonchev–Trinajstić information content (AvgIpc) is 3.24. The summed E-state index contributed by atoms with van der Waals surface area (Å²) in [5, 5.41) is 4.99. The number of pyridine rings is 2. The molecule has 6 heteroatoms. The van der Waals surface area contributed by atoms with E-state index in [1.165, 1.54) is 12.1 Å². The summed E-state index contributed by atoms with van der Waals surface area (Å²) in [4.78, 5) is 13.3. The van der Waals surface area contributed by atoms with Crippen molar-refractivity contribution in [3.8, 4) is 34.1 Å². The van der Waals surface area contributed by atoms with Crippen molar-refractivity contribution in [2.75, 3.05) is 0 Å². The van der Waals surface area contributed by atoms with Crippen LogP contribution in [0.4, 0.5) is 4.39 Å². The summed E-state index contributed by atoms with van der Waals surface area (Å²) >= 11 is 0. The summed E-state index contributed by atoms with van der Waals surface area (Å²) in [6.45, 7) is 0. The fourth-order valence-corrected chi connectivity index (χ4v) is 3.07. The van der Waals surface area contributed by atoms with Crippen LogP contribution in [-0.4, -0.2) is 20.1 Å². The van der Waals surface area contributed by atoms with Crippen LogP contribution in [-0.2, 0) is 0 Å². The lowest BCUT2D eigenvalue weighted by molar-refractivity contribution is 0.432. The Morgan fingerprint density at radius 1 is 0.821 bits per heavy atom. The predicted molar refractivity (Wildman–Crippen MR) is 104 cm³/mol. The highest BCUT2D eigenvalue weighted by molar-refractivity contribution is 5.94. The Balaban J connectivity index is 1.68. The van der Waals surface area contributed by atoms with Gasteiger partial charge in [-0.25, -0.2) is 9.37 Å². The van der Waals surface area contributed by atoms with Gasteiger partial charge in [-0.1, -0.05) is 23.4 Å². The first kappa shape index (κ1) is 16.3. The van der Waals surface area contributed by atoms with E-state index in [0.717, 1.165) is 27.6 Å². The summed E-state index contributed by atoms with van der Waals surface area (Å²) in [6, 6.07) is 19.5. The minimum Gasteiger partial charge on any atom is -0.334 e. The highest BCUT2D eigenvalue weighted by Gasteiger charge is 2.16. The molecule has 3 heterocycles. The standard InChI is InChI=1S/C22H13FN4O/c23-16-9-7-14(8-10-16)20-12-18(17-5-1-2-6-19(17)25-20)22-26-21(27-28-22)15-4-3-11-24-13-15/h1-13H. The van der Waals surface area contributed by atoms with Gasteiger partial charge in [0.25, 0.3) is 5.89 Å². The molecule has 2 aromatic carbocycles. The summed E-state index contributed by atoms with van der Waals surface area (Å²) in [5.41, 5.74) is 3.85. The molecule has 0 saturated carbocycles. The lowest BCUT2D eigenvalue weighted by Crippen LogP contribution is -1.90. The molecule has 0 bridgehead atoms. The molecule has 0 unspecified atom stereocenters. The van der Waals surface area contributed by atoms with Crippen LogP contribution in [0.15, 0.2) is 83.6 Å². The van der Waals surface area contributed by atoms with Crippen molar-refractivity contribution < 1.29 is 8.91 Å². The summed E-state index contributed by atoms with van der Waals surface area (Å²) < 4.78 is 18.9. The molecule has 0 aliphatic rings. The van der Waals surface area contributed by atoms with Crippen molar-refractivity contribution in [1.29, 1.82) is 0 Å². The van der Waals surface area contributed by atoms with Crippen molar-refractivity contribution in [3.63, 3.8) is 0 Å². The third kappa shape index (κ3) is 2.91. The maximum atomic E-state index is 13.3. The minimum absolute atomic E-state index is 0.289. The number of fused-ring (bicyclic) bond motifs is 1. The van der Waals surface area contributed by atoms with Gasteiger partial charge in [0, 0.05) is 28.9 Å². The van der Waals surface area contributed by atoms with Crippen molar-refractivity contribution in [3.05, 3.63) is 84.9 Å². The number of rotatable bonds is 3. The van der Waals surface area contributed by atoms with E-state index in [9.17, 15) is 4.39 Å². The molecule has 0 N–H and O–H groups in total. The van der Waals surface area contributed by atoms with E-state index >= 15 is 0 Å². The SMILES string of the molecule is Fc1ccc(-c2cc(-c3nc(-c4cccnc4)no3)c3ccccc3n2)cc1. The molecule has 0 atom stereocenters. The Morgan fingerprint density at radius 2 is 1.68 bits per heavy atom. The molecule has 0 radical (unpaired) electrons. The first-order chi connectivity index (χ1) is 13.8. The highest BCUT2D eigenvalue weighted by atomic mass is 19.1. The van der Waals surface area contributed by atoms with Gasteiger partial charge in [0.15, 0.2) is 0 Å². The topological polar surface area (TPSA) is 64.7 Å². The number of hydrogen-bond donors (Lipinski definition) is 0. The van der Waals surface area contributed by atoms with Gasteiger partial charge in [0.2, 0.25) is 5.82 Å². The monoisotopic (exact) mass is 368 g/mol. The maximum Gasteiger partial charge on any atom is 0.259 e. The molecule has 5 aromatic rings. The van der Waals surface area contributed by atoms with Gasteiger partial charge in [-0.05, 0) is 48.5 Å². The number of hydrogen-bond acceptors (Lipinski definition) is 5. The van der Waals surface area contributed by atoms with Crippen LogP contribution in [0, 0.1) is 5.82 Å². The first-order valence-electron chi connectivity index (χ1n) is 8.68. The van der Waals surface area contributed by atoms with Gasteiger partial charge >= 0.3 is 0 Å². The normalized spacial score (nSPS) is 11.0. The van der Waals surface area contributed by atoms with E-state index in [1.807, 2.05) is 42.5 Å². The average molecular weight is 368 g/mol. The zero-order chi connectivity index (χ0) is 18.9. The number of nitrogens with zero attached hydrogens (tertiary/aromatic N) is 4. The molecule has 5 nitrogen and oxygen atoms in total. The van der Waals surface area contributed by atoms with E-state index in [0.29, 0.717) is 17.4 Å². The van der Waals surface area contributed by atoms with Crippen LogP contribution in [0.5, 0.6) is 0 Å². The Labute approximate surface area is 159 Å². The Hall–Kier alpha value is -3.93. The van der Waals surface area contributed by atoms with Gasteiger partial charge in [-0.3, -0.25) is 4.98 Å². The Kier molecular flexibility index (Phi) is 3.87. The van der Waals surface area contributed by atoms with Crippen molar-refractivity contribution in [1.82, 2.24) is 20.1 Å². The van der Waals surface area contributed by atoms with Crippen LogP contribution >= 0.6 is 0 Å². The highest BCUT2D eigenvalue weighted by Crippen LogP contribution is 2.32. The van der Waals surface area contributed by atoms with E-state index < -0.39 is 0 Å². The Morgan fingerprint density at radius 3 is 2.50 bits per heavy atom. The largest absolute Gasteiger partial charge is 0.334 e. The molecule has 0 fully saturated rings. The molecule has 0 aliphatic carbocycles. The van der Waals surface area contributed by atoms with Crippen molar-refractivity contribution in [2.45, 2.75) is 0 Å². The van der Waals surface area contributed by atoms with Crippen LogP contribution in [0.1, 0.15) is 0 Å². The summed E-state index contributed by atoms with van der Waals surface area (Å²) in [6.07, 6.45) is 3.37. The second-order valence-corrected chi connectivity index (χ2v) is 6.24. The van der Waals surface area contributed by atoms with Crippen LogP contribution in [0.3, 0.4) is 0 Å². The Bertz CT molecular complexity index is 1270. The maximum absolute atomic E-state index is 13.3. The minimum atomic E-state index is -0.289. The zero-order valence-corrected chi connectivity index (χ0v) is 14.6. The van der Waals surface area contributed by atoms with E-state index in [1.54, 1.807) is 24.5 Å². The third-order valence-electron chi connectivity index (χ3n) is 4.43. The molecule has 3 aromatic heterocycles. The molecular formula is C22H13FN4O. The quantitative estimate of drug-likeness (QED) is 0.440. The third-order valence-corrected chi connectivity index (χ3v) is 4.43. The van der Waals surface area contributed by atoms with E-state index in [2.05, 4.69) is 15.1 Å². The molecule has 0 aliphatic heterocycles. The van der Waals surface area contributed by atoms with Gasteiger partial charge in [0.1, 0.15) is 5.82 Å². The fourth-order valence-electron chi connectivity index (χ4n) is 3.07. The fraction of sp³-hybridized carbons (Fsp3) is 0. The molecular weight excluding hydrogens is 355 g/mol. The molecule has 28 heavy (non-hydrogen) atoms. The number of aromatic nitrogens is 4. The second-order valence-electron chi connectivity index (χ2n) is 6.24. The van der Waals surface area contributed by atoms with E-state index in [-0.39, 0.29) is 5.82 Å². The number of halogens is 1. The zero-order valence-electron chi connectivity index (χ0n) is 14.6. The van der Waals surface area contributed by atoms with E-state index in [4.69, 9.17) is 9.51 Å². The molecule has 5 rings (SSSR count). The first-order valence-corrected chi connectivity index (χ1v) is 8.68. The summed E-state index contributed by atoms with van der Waals surface area (Å²) in [5.74, 6) is 0.566. The van der Waals surface area contributed by atoms with Gasteiger partial charge in [0.05, 0.1) is 16.8 Å². The number of para-hydroxylation sites is 1. The lowest BCUT2D eigenvalue weighted by Gasteiger charge is -2.07. The number of benzene rings is 2. The molecule has 0 saturated heterocycles. The van der Waals surface area contributed by atoms with Crippen LogP contribution < -0.4 is 0 Å². The smallest absolute Gasteiger partial charge is 0.259 e. The lowest BCUT2D eigenvalue weighted by atomic mass is 10.0. The van der Waals surface area contributed by atoms with Crippen molar-refractivity contribution in [2.24, 2.45) is 0 Å². The van der Waals surface area contributed by atoms with Gasteiger partial charge in [-0.2, -0.15) is 4.98 Å². The second kappa shape index (κ2) is 6.66. The molecule has 134 valence electrons.